The van der Waals surface area contributed by atoms with Crippen molar-refractivity contribution in [1.82, 2.24) is 25.1 Å². The molecule has 8 heteroatoms. The van der Waals surface area contributed by atoms with E-state index in [1.807, 2.05) is 0 Å². The summed E-state index contributed by atoms with van der Waals surface area (Å²) in [5.74, 6) is -2.17. The highest BCUT2D eigenvalue weighted by molar-refractivity contribution is 5.85. The standard InChI is InChI=1S/C19H24F2N6/c1-3-15(25-17-16-11-24-26-18(16)23-13-22-17)9-10-27(2)12-19(20,21)14-7-5-4-6-8-14/h4-8,11,13,15H,3,9-10,12H2,1-2H3,(H2,22,23,24,25,26). The lowest BCUT2D eigenvalue weighted by atomic mass is 10.1. The summed E-state index contributed by atoms with van der Waals surface area (Å²) >= 11 is 0. The maximum Gasteiger partial charge on any atom is 0.285 e. The van der Waals surface area contributed by atoms with Crippen LogP contribution in [0.1, 0.15) is 25.3 Å². The number of aromatic amines is 1. The third-order valence-corrected chi connectivity index (χ3v) is 4.61. The monoisotopic (exact) mass is 374 g/mol. The number of likely N-dealkylation sites (N-methyl/N-ethyl adjacent to an activating group) is 1. The van der Waals surface area contributed by atoms with E-state index in [0.29, 0.717) is 18.0 Å². The predicted octanol–water partition coefficient (Wildman–Crippen LogP) is 3.66. The average molecular weight is 374 g/mol. The summed E-state index contributed by atoms with van der Waals surface area (Å²) < 4.78 is 28.8. The number of nitrogens with zero attached hydrogens (tertiary/aromatic N) is 4. The van der Waals surface area contributed by atoms with Gasteiger partial charge in [-0.1, -0.05) is 37.3 Å². The number of rotatable bonds is 9. The van der Waals surface area contributed by atoms with Crippen molar-refractivity contribution in [2.45, 2.75) is 31.7 Å². The fourth-order valence-electron chi connectivity index (χ4n) is 3.02. The summed E-state index contributed by atoms with van der Waals surface area (Å²) in [6.45, 7) is 2.30. The average Bonchev–Trinajstić information content (AvgIpc) is 3.15. The van der Waals surface area contributed by atoms with Crippen LogP contribution in [0.4, 0.5) is 14.6 Å². The van der Waals surface area contributed by atoms with Gasteiger partial charge in [-0.15, -0.1) is 0 Å². The molecular weight excluding hydrogens is 350 g/mol. The van der Waals surface area contributed by atoms with E-state index in [0.717, 1.165) is 18.2 Å². The molecule has 6 nitrogen and oxygen atoms in total. The number of halogens is 2. The van der Waals surface area contributed by atoms with E-state index < -0.39 is 5.92 Å². The summed E-state index contributed by atoms with van der Waals surface area (Å²) in [6, 6.07) is 8.07. The first-order valence-corrected chi connectivity index (χ1v) is 9.02. The quantitative estimate of drug-likeness (QED) is 0.598. The Morgan fingerprint density at radius 1 is 1.22 bits per heavy atom. The number of alkyl halides is 2. The largest absolute Gasteiger partial charge is 0.367 e. The SMILES string of the molecule is CCC(CCN(C)CC(F)(F)c1ccccc1)Nc1ncnc2[nH]ncc12. The third kappa shape index (κ3) is 4.77. The zero-order valence-electron chi connectivity index (χ0n) is 15.5. The Bertz CT molecular complexity index is 852. The minimum atomic E-state index is -2.87. The van der Waals surface area contributed by atoms with E-state index >= 15 is 0 Å². The number of aromatic nitrogens is 4. The van der Waals surface area contributed by atoms with Crippen LogP contribution < -0.4 is 5.32 Å². The molecular formula is C19H24F2N6. The number of anilines is 1. The van der Waals surface area contributed by atoms with Crippen LogP contribution >= 0.6 is 0 Å². The number of nitrogens with one attached hydrogen (secondary N) is 2. The fourth-order valence-corrected chi connectivity index (χ4v) is 3.02. The topological polar surface area (TPSA) is 69.7 Å². The summed E-state index contributed by atoms with van der Waals surface area (Å²) in [4.78, 5) is 10.1. The van der Waals surface area contributed by atoms with Crippen molar-refractivity contribution in [2.75, 3.05) is 25.5 Å². The van der Waals surface area contributed by atoms with Crippen molar-refractivity contribution in [3.63, 3.8) is 0 Å². The van der Waals surface area contributed by atoms with Crippen LogP contribution in [0.15, 0.2) is 42.9 Å². The first kappa shape index (κ1) is 19.2. The van der Waals surface area contributed by atoms with Gasteiger partial charge in [-0.25, -0.2) is 9.97 Å². The molecule has 0 bridgehead atoms. The molecule has 0 aliphatic carbocycles. The lowest BCUT2D eigenvalue weighted by Gasteiger charge is -2.26. The summed E-state index contributed by atoms with van der Waals surface area (Å²) in [5, 5.41) is 11.0. The lowest BCUT2D eigenvalue weighted by Crippen LogP contribution is -2.35. The minimum absolute atomic E-state index is 0.0466. The third-order valence-electron chi connectivity index (χ3n) is 4.61. The second kappa shape index (κ2) is 8.39. The lowest BCUT2D eigenvalue weighted by molar-refractivity contribution is -0.0324. The Morgan fingerprint density at radius 3 is 2.74 bits per heavy atom. The fraction of sp³-hybridized carbons (Fsp3) is 0.421. The van der Waals surface area contributed by atoms with E-state index in [-0.39, 0.29) is 18.2 Å². The molecule has 2 N–H and O–H groups in total. The molecule has 144 valence electrons. The molecule has 3 rings (SSSR count). The summed E-state index contributed by atoms with van der Waals surface area (Å²) in [6.07, 6.45) is 4.73. The molecule has 3 aromatic rings. The molecule has 2 aromatic heterocycles. The van der Waals surface area contributed by atoms with Gasteiger partial charge >= 0.3 is 0 Å². The van der Waals surface area contributed by atoms with Crippen molar-refractivity contribution in [2.24, 2.45) is 0 Å². The van der Waals surface area contributed by atoms with E-state index in [1.54, 1.807) is 36.3 Å². The van der Waals surface area contributed by atoms with Crippen molar-refractivity contribution in [3.8, 4) is 0 Å². The van der Waals surface area contributed by atoms with Crippen LogP contribution in [0.5, 0.6) is 0 Å². The van der Waals surface area contributed by atoms with Gasteiger partial charge in [0.05, 0.1) is 18.1 Å². The summed E-state index contributed by atoms with van der Waals surface area (Å²) in [5.41, 5.74) is 0.715. The first-order chi connectivity index (χ1) is 13.0. The van der Waals surface area contributed by atoms with Gasteiger partial charge < -0.3 is 10.2 Å². The zero-order valence-corrected chi connectivity index (χ0v) is 15.5. The van der Waals surface area contributed by atoms with E-state index in [4.69, 9.17) is 0 Å². The Kier molecular flexibility index (Phi) is 5.95. The van der Waals surface area contributed by atoms with Gasteiger partial charge in [0, 0.05) is 18.2 Å². The van der Waals surface area contributed by atoms with Crippen LogP contribution in [-0.2, 0) is 5.92 Å². The van der Waals surface area contributed by atoms with Gasteiger partial charge in [0.15, 0.2) is 5.65 Å². The molecule has 0 saturated heterocycles. The van der Waals surface area contributed by atoms with Gasteiger partial charge in [-0.05, 0) is 19.9 Å². The van der Waals surface area contributed by atoms with Crippen LogP contribution in [0.2, 0.25) is 0 Å². The van der Waals surface area contributed by atoms with Crippen LogP contribution in [0.25, 0.3) is 11.0 Å². The van der Waals surface area contributed by atoms with Crippen molar-refractivity contribution >= 4 is 16.9 Å². The van der Waals surface area contributed by atoms with Gasteiger partial charge in [0.2, 0.25) is 0 Å². The molecule has 2 heterocycles. The maximum atomic E-state index is 14.4. The number of fused-ring (bicyclic) bond motifs is 1. The Hall–Kier alpha value is -2.61. The zero-order chi connectivity index (χ0) is 19.3. The molecule has 0 spiro atoms. The Morgan fingerprint density at radius 2 is 2.00 bits per heavy atom. The highest BCUT2D eigenvalue weighted by Crippen LogP contribution is 2.28. The van der Waals surface area contributed by atoms with Gasteiger partial charge in [0.25, 0.3) is 5.92 Å². The Balaban J connectivity index is 1.57. The molecule has 1 aromatic carbocycles. The second-order valence-corrected chi connectivity index (χ2v) is 6.70. The molecule has 0 saturated carbocycles. The summed E-state index contributed by atoms with van der Waals surface area (Å²) in [7, 11) is 1.72. The first-order valence-electron chi connectivity index (χ1n) is 9.02. The van der Waals surface area contributed by atoms with Crippen molar-refractivity contribution in [3.05, 3.63) is 48.4 Å². The molecule has 1 unspecified atom stereocenters. The highest BCUT2D eigenvalue weighted by atomic mass is 19.3. The molecule has 0 amide bonds. The molecule has 0 radical (unpaired) electrons. The van der Waals surface area contributed by atoms with Gasteiger partial charge in [0.1, 0.15) is 12.1 Å². The maximum absolute atomic E-state index is 14.4. The second-order valence-electron chi connectivity index (χ2n) is 6.70. The molecule has 0 aliphatic heterocycles. The molecule has 27 heavy (non-hydrogen) atoms. The van der Waals surface area contributed by atoms with Gasteiger partial charge in [-0.3, -0.25) is 5.10 Å². The number of H-pyrrole nitrogens is 1. The number of benzene rings is 1. The van der Waals surface area contributed by atoms with Crippen LogP contribution in [0, 0.1) is 0 Å². The smallest absolute Gasteiger partial charge is 0.285 e. The Labute approximate surface area is 157 Å². The van der Waals surface area contributed by atoms with Gasteiger partial charge in [-0.2, -0.15) is 13.9 Å². The number of hydrogen-bond donors (Lipinski definition) is 2. The molecule has 0 fully saturated rings. The van der Waals surface area contributed by atoms with Crippen LogP contribution in [-0.4, -0.2) is 51.2 Å². The number of hydrogen-bond acceptors (Lipinski definition) is 5. The van der Waals surface area contributed by atoms with E-state index in [9.17, 15) is 8.78 Å². The van der Waals surface area contributed by atoms with E-state index in [2.05, 4.69) is 32.4 Å². The minimum Gasteiger partial charge on any atom is -0.367 e. The van der Waals surface area contributed by atoms with Crippen LogP contribution in [0.3, 0.4) is 0 Å². The normalized spacial score (nSPS) is 13.2. The molecule has 1 atom stereocenters. The van der Waals surface area contributed by atoms with Crippen molar-refractivity contribution in [1.29, 1.82) is 0 Å². The highest BCUT2D eigenvalue weighted by Gasteiger charge is 2.32. The van der Waals surface area contributed by atoms with Crippen molar-refractivity contribution < 1.29 is 8.78 Å². The molecule has 0 aliphatic rings. The predicted molar refractivity (Wildman–Crippen MR) is 102 cm³/mol. The van der Waals surface area contributed by atoms with E-state index in [1.165, 1.54) is 18.5 Å².